The molecule has 0 spiro atoms. The first-order valence-corrected chi connectivity index (χ1v) is 13.9. The van der Waals surface area contributed by atoms with E-state index in [2.05, 4.69) is 26.8 Å². The predicted octanol–water partition coefficient (Wildman–Crippen LogP) is 3.94. The SMILES string of the molecule is CSS[C@@H](C)OC1C[C@H](n2cc(C#CCCC(=O)C(F)(F)F)c3c(N=CN(C)C)ncnc32)O[C@@H]1CO. The number of ketones is 1. The van der Waals surface area contributed by atoms with Gasteiger partial charge in [0.2, 0.25) is 5.78 Å². The van der Waals surface area contributed by atoms with Crippen molar-refractivity contribution in [2.75, 3.05) is 27.0 Å². The molecule has 2 aromatic rings. The highest BCUT2D eigenvalue weighted by Crippen LogP contribution is 2.38. The number of aromatic nitrogens is 3. The van der Waals surface area contributed by atoms with E-state index in [-0.39, 0.29) is 24.6 Å². The van der Waals surface area contributed by atoms with Crippen LogP contribution in [0.4, 0.5) is 19.0 Å². The number of carbonyl (C=O) groups is 1. The predicted molar refractivity (Wildman–Crippen MR) is 138 cm³/mol. The molecule has 37 heavy (non-hydrogen) atoms. The summed E-state index contributed by atoms with van der Waals surface area (Å²) in [6.45, 7) is 1.69. The third-order valence-electron chi connectivity index (χ3n) is 5.29. The Hall–Kier alpha value is -2.31. The molecule has 1 N–H and O–H groups in total. The number of hydrogen-bond acceptors (Lipinski definition) is 9. The number of aliphatic hydroxyl groups excluding tert-OH is 1. The Morgan fingerprint density at radius 3 is 2.86 bits per heavy atom. The minimum absolute atomic E-state index is 0.118. The standard InChI is InChI=1S/C23H28F3N5O4S2/c1-14(37-36-4)34-16-9-19(35-17(16)11-32)31-10-15(7-5-6-8-18(33)23(24,25)26)20-21(29-13-30(2)3)27-12-28-22(20)31/h10,12-14,16-17,19,32H,6,8-9,11H2,1-4H3/t14-,16?,17+,19+/m0/s1. The zero-order chi connectivity index (χ0) is 27.2. The number of halogens is 3. The van der Waals surface area contributed by atoms with Crippen LogP contribution in [-0.4, -0.2) is 87.4 Å². The number of aliphatic imine (C=N–C) groups is 1. The topological polar surface area (TPSA) is 102 Å². The van der Waals surface area contributed by atoms with E-state index in [9.17, 15) is 23.1 Å². The summed E-state index contributed by atoms with van der Waals surface area (Å²) in [5.74, 6) is 4.00. The molecule has 9 nitrogen and oxygen atoms in total. The lowest BCUT2D eigenvalue weighted by Gasteiger charge is -2.20. The molecule has 1 fully saturated rings. The number of alkyl halides is 3. The van der Waals surface area contributed by atoms with Crippen LogP contribution in [0.3, 0.4) is 0 Å². The highest BCUT2D eigenvalue weighted by Gasteiger charge is 2.39. The van der Waals surface area contributed by atoms with Gasteiger partial charge in [-0.3, -0.25) is 4.79 Å². The smallest absolute Gasteiger partial charge is 0.394 e. The molecule has 0 bridgehead atoms. The zero-order valence-corrected chi connectivity index (χ0v) is 22.4. The average Bonchev–Trinajstić information content (AvgIpc) is 3.41. The van der Waals surface area contributed by atoms with Crippen molar-refractivity contribution >= 4 is 50.6 Å². The van der Waals surface area contributed by atoms with Crippen LogP contribution in [0.1, 0.15) is 38.0 Å². The maximum absolute atomic E-state index is 12.5. The van der Waals surface area contributed by atoms with Crippen molar-refractivity contribution in [3.63, 3.8) is 0 Å². The second-order valence-electron chi connectivity index (χ2n) is 8.33. The quantitative estimate of drug-likeness (QED) is 0.152. The molecule has 0 saturated carbocycles. The Balaban J connectivity index is 1.96. The Morgan fingerprint density at radius 2 is 2.22 bits per heavy atom. The summed E-state index contributed by atoms with van der Waals surface area (Å²) in [6.07, 6.45) is -0.366. The third kappa shape index (κ3) is 7.61. The summed E-state index contributed by atoms with van der Waals surface area (Å²) in [4.78, 5) is 25.9. The molecule has 14 heteroatoms. The average molecular weight is 560 g/mol. The van der Waals surface area contributed by atoms with E-state index >= 15 is 0 Å². The maximum atomic E-state index is 12.5. The molecule has 0 amide bonds. The van der Waals surface area contributed by atoms with E-state index in [1.54, 1.807) is 57.7 Å². The van der Waals surface area contributed by atoms with Gasteiger partial charge < -0.3 is 24.0 Å². The van der Waals surface area contributed by atoms with Crippen molar-refractivity contribution in [1.29, 1.82) is 0 Å². The molecule has 3 heterocycles. The Morgan fingerprint density at radius 1 is 1.46 bits per heavy atom. The Kier molecular flexibility index (Phi) is 10.3. The van der Waals surface area contributed by atoms with Crippen molar-refractivity contribution in [2.45, 2.75) is 56.2 Å². The fourth-order valence-electron chi connectivity index (χ4n) is 3.71. The molecule has 1 unspecified atom stereocenters. The highest BCUT2D eigenvalue weighted by atomic mass is 33.1. The van der Waals surface area contributed by atoms with Crippen LogP contribution in [0, 0.1) is 11.8 Å². The van der Waals surface area contributed by atoms with Crippen molar-refractivity contribution in [1.82, 2.24) is 19.4 Å². The third-order valence-corrected chi connectivity index (χ3v) is 7.25. The molecule has 1 aliphatic rings. The van der Waals surface area contributed by atoms with Crippen LogP contribution in [-0.2, 0) is 14.3 Å². The van der Waals surface area contributed by atoms with Crippen molar-refractivity contribution in [2.24, 2.45) is 4.99 Å². The van der Waals surface area contributed by atoms with Crippen LogP contribution in [0.2, 0.25) is 0 Å². The van der Waals surface area contributed by atoms with E-state index in [0.29, 0.717) is 28.8 Å². The number of rotatable bonds is 10. The van der Waals surface area contributed by atoms with Crippen molar-refractivity contribution < 1.29 is 32.5 Å². The maximum Gasteiger partial charge on any atom is 0.450 e. The number of nitrogens with zero attached hydrogens (tertiary/aromatic N) is 5. The van der Waals surface area contributed by atoms with Gasteiger partial charge in [0, 0.05) is 39.6 Å². The molecular weight excluding hydrogens is 531 g/mol. The van der Waals surface area contributed by atoms with Gasteiger partial charge in [-0.05, 0) is 13.2 Å². The van der Waals surface area contributed by atoms with Gasteiger partial charge in [-0.2, -0.15) is 13.2 Å². The lowest BCUT2D eigenvalue weighted by molar-refractivity contribution is -0.170. The second-order valence-corrected chi connectivity index (χ2v) is 11.1. The van der Waals surface area contributed by atoms with Gasteiger partial charge in [-0.25, -0.2) is 15.0 Å². The monoisotopic (exact) mass is 559 g/mol. The number of Topliss-reactive ketones (excluding diaryl/α,β-unsaturated/α-hetero) is 1. The first-order chi connectivity index (χ1) is 17.5. The van der Waals surface area contributed by atoms with E-state index in [4.69, 9.17) is 9.47 Å². The molecule has 1 saturated heterocycles. The minimum Gasteiger partial charge on any atom is -0.394 e. The number of carbonyl (C=O) groups excluding carboxylic acids is 1. The minimum atomic E-state index is -4.88. The second kappa shape index (κ2) is 13.0. The summed E-state index contributed by atoms with van der Waals surface area (Å²) >= 11 is 0. The number of fused-ring (bicyclic) bond motifs is 1. The fraction of sp³-hybridized carbons (Fsp3) is 0.565. The van der Waals surface area contributed by atoms with Crippen LogP contribution < -0.4 is 0 Å². The van der Waals surface area contributed by atoms with Gasteiger partial charge in [0.15, 0.2) is 5.82 Å². The molecule has 0 radical (unpaired) electrons. The Bertz CT molecular complexity index is 1180. The first-order valence-electron chi connectivity index (χ1n) is 11.3. The number of ether oxygens (including phenoxy) is 2. The van der Waals surface area contributed by atoms with E-state index < -0.39 is 30.7 Å². The molecule has 1 aliphatic heterocycles. The van der Waals surface area contributed by atoms with Crippen LogP contribution in [0.15, 0.2) is 17.5 Å². The molecule has 202 valence electrons. The Labute approximate surface area is 220 Å². The molecule has 0 aliphatic carbocycles. The lowest BCUT2D eigenvalue weighted by atomic mass is 10.2. The lowest BCUT2D eigenvalue weighted by Crippen LogP contribution is -2.29. The molecule has 3 rings (SSSR count). The van der Waals surface area contributed by atoms with Crippen LogP contribution >= 0.6 is 21.6 Å². The van der Waals surface area contributed by atoms with Crippen LogP contribution in [0.5, 0.6) is 0 Å². The van der Waals surface area contributed by atoms with Crippen molar-refractivity contribution in [3.05, 3.63) is 18.1 Å². The number of aliphatic hydroxyl groups is 1. The molecule has 4 atom stereocenters. The van der Waals surface area contributed by atoms with E-state index in [1.165, 1.54) is 6.33 Å². The van der Waals surface area contributed by atoms with Gasteiger partial charge in [-0.15, -0.1) is 0 Å². The first kappa shape index (κ1) is 29.2. The van der Waals surface area contributed by atoms with Crippen LogP contribution in [0.25, 0.3) is 11.0 Å². The zero-order valence-electron chi connectivity index (χ0n) is 20.7. The number of hydrogen-bond donors (Lipinski definition) is 1. The van der Waals surface area contributed by atoms with E-state index in [0.717, 1.165) is 0 Å². The van der Waals surface area contributed by atoms with Gasteiger partial charge in [-0.1, -0.05) is 33.4 Å². The van der Waals surface area contributed by atoms with Gasteiger partial charge >= 0.3 is 6.18 Å². The summed E-state index contributed by atoms with van der Waals surface area (Å²) < 4.78 is 51.5. The summed E-state index contributed by atoms with van der Waals surface area (Å²) in [5, 5.41) is 10.4. The summed E-state index contributed by atoms with van der Waals surface area (Å²) in [5.41, 5.74) is 0.777. The molecule has 2 aromatic heterocycles. The van der Waals surface area contributed by atoms with E-state index in [1.807, 2.05) is 13.2 Å². The summed E-state index contributed by atoms with van der Waals surface area (Å²) in [7, 11) is 6.72. The highest BCUT2D eigenvalue weighted by molar-refractivity contribution is 8.76. The normalized spacial score (nSPS) is 20.8. The van der Waals surface area contributed by atoms with Gasteiger partial charge in [0.05, 0.1) is 30.0 Å². The fourth-order valence-corrected chi connectivity index (χ4v) is 5.12. The molecular formula is C23H28F3N5O4S2. The van der Waals surface area contributed by atoms with Gasteiger partial charge in [0.1, 0.15) is 29.7 Å². The largest absolute Gasteiger partial charge is 0.450 e. The van der Waals surface area contributed by atoms with Gasteiger partial charge in [0.25, 0.3) is 0 Å². The van der Waals surface area contributed by atoms with Crippen molar-refractivity contribution in [3.8, 4) is 11.8 Å². The molecule has 0 aromatic carbocycles. The summed E-state index contributed by atoms with van der Waals surface area (Å²) in [6, 6.07) is 0.